The zero-order valence-electron chi connectivity index (χ0n) is 20.9. The molecule has 1 aromatic heterocycles. The zero-order valence-corrected chi connectivity index (χ0v) is 20.9. The first kappa shape index (κ1) is 26.0. The first-order chi connectivity index (χ1) is 16.2. The number of piperidine rings is 1. The molecule has 1 fully saturated rings. The van der Waals surface area contributed by atoms with Gasteiger partial charge in [-0.05, 0) is 83.3 Å². The van der Waals surface area contributed by atoms with Gasteiger partial charge in [-0.2, -0.15) is 0 Å². The van der Waals surface area contributed by atoms with Gasteiger partial charge in [0, 0.05) is 38.2 Å². The lowest BCUT2D eigenvalue weighted by Crippen LogP contribution is -2.38. The van der Waals surface area contributed by atoms with Crippen LogP contribution in [0.15, 0.2) is 12.1 Å². The van der Waals surface area contributed by atoms with Crippen LogP contribution in [0.2, 0.25) is 0 Å². The molecule has 8 heteroatoms. The Bertz CT molecular complexity index is 856. The molecule has 1 aromatic rings. The molecule has 188 valence electrons. The van der Waals surface area contributed by atoms with Crippen LogP contribution in [0.4, 0.5) is 5.82 Å². The van der Waals surface area contributed by atoms with E-state index in [1.54, 1.807) is 20.8 Å². The SMILES string of the molecule is CC(C)(C)C(=O)OCOC(=O)CCCC1CCN(C(=O)CCc2ccc3c(n2)NCCC3)CC1. The maximum absolute atomic E-state index is 12.7. The molecule has 0 saturated carbocycles. The summed E-state index contributed by atoms with van der Waals surface area (Å²) < 4.78 is 9.95. The minimum atomic E-state index is -0.613. The molecule has 0 aromatic carbocycles. The van der Waals surface area contributed by atoms with E-state index in [1.807, 2.05) is 11.0 Å². The van der Waals surface area contributed by atoms with Crippen molar-refractivity contribution in [3.05, 3.63) is 23.4 Å². The molecule has 2 aliphatic rings. The highest BCUT2D eigenvalue weighted by Crippen LogP contribution is 2.24. The molecule has 0 radical (unpaired) electrons. The van der Waals surface area contributed by atoms with Crippen LogP contribution in [-0.4, -0.2) is 54.2 Å². The first-order valence-electron chi connectivity index (χ1n) is 12.6. The molecule has 1 N–H and O–H groups in total. The van der Waals surface area contributed by atoms with Gasteiger partial charge in [0.05, 0.1) is 5.41 Å². The summed E-state index contributed by atoms with van der Waals surface area (Å²) in [7, 11) is 0. The Morgan fingerprint density at radius 2 is 1.88 bits per heavy atom. The number of nitrogens with one attached hydrogen (secondary N) is 1. The number of nitrogens with zero attached hydrogens (tertiary/aromatic N) is 2. The summed E-state index contributed by atoms with van der Waals surface area (Å²) >= 11 is 0. The molecule has 2 aliphatic heterocycles. The molecule has 3 heterocycles. The van der Waals surface area contributed by atoms with E-state index in [4.69, 9.17) is 9.47 Å². The van der Waals surface area contributed by atoms with Crippen LogP contribution in [0.5, 0.6) is 0 Å². The predicted molar refractivity (Wildman–Crippen MR) is 129 cm³/mol. The van der Waals surface area contributed by atoms with Gasteiger partial charge in [0.25, 0.3) is 0 Å². The first-order valence-corrected chi connectivity index (χ1v) is 12.6. The molecule has 0 aliphatic carbocycles. The largest absolute Gasteiger partial charge is 0.428 e. The van der Waals surface area contributed by atoms with Crippen molar-refractivity contribution in [1.29, 1.82) is 0 Å². The fourth-order valence-corrected chi connectivity index (χ4v) is 4.34. The normalized spacial score (nSPS) is 16.4. The quantitative estimate of drug-likeness (QED) is 0.429. The number of esters is 2. The predicted octanol–water partition coefficient (Wildman–Crippen LogP) is 3.87. The van der Waals surface area contributed by atoms with Crippen molar-refractivity contribution in [3.63, 3.8) is 0 Å². The van der Waals surface area contributed by atoms with Crippen molar-refractivity contribution in [1.82, 2.24) is 9.88 Å². The summed E-state index contributed by atoms with van der Waals surface area (Å²) in [5.74, 6) is 0.952. The molecule has 1 saturated heterocycles. The number of aromatic nitrogens is 1. The number of ether oxygens (including phenoxy) is 2. The molecular formula is C26H39N3O5. The number of pyridine rings is 1. The maximum Gasteiger partial charge on any atom is 0.314 e. The van der Waals surface area contributed by atoms with E-state index >= 15 is 0 Å². The number of amides is 1. The number of fused-ring (bicyclic) bond motifs is 1. The van der Waals surface area contributed by atoms with Crippen molar-refractivity contribution in [3.8, 4) is 0 Å². The van der Waals surface area contributed by atoms with Crippen molar-refractivity contribution in [2.45, 2.75) is 78.6 Å². The van der Waals surface area contributed by atoms with Crippen LogP contribution in [0.3, 0.4) is 0 Å². The Morgan fingerprint density at radius 3 is 2.62 bits per heavy atom. The Labute approximate surface area is 202 Å². The average Bonchev–Trinajstić information content (AvgIpc) is 2.82. The van der Waals surface area contributed by atoms with E-state index in [0.29, 0.717) is 25.2 Å². The van der Waals surface area contributed by atoms with Gasteiger partial charge < -0.3 is 19.7 Å². The molecule has 0 bridgehead atoms. The number of aryl methyl sites for hydroxylation is 2. The van der Waals surface area contributed by atoms with E-state index in [1.165, 1.54) is 5.56 Å². The van der Waals surface area contributed by atoms with Crippen molar-refractivity contribution < 1.29 is 23.9 Å². The highest BCUT2D eigenvalue weighted by molar-refractivity contribution is 5.76. The van der Waals surface area contributed by atoms with Gasteiger partial charge >= 0.3 is 11.9 Å². The summed E-state index contributed by atoms with van der Waals surface area (Å²) in [4.78, 5) is 42.8. The lowest BCUT2D eigenvalue weighted by atomic mass is 9.91. The van der Waals surface area contributed by atoms with Crippen LogP contribution in [0.1, 0.15) is 77.0 Å². The van der Waals surface area contributed by atoms with Crippen LogP contribution in [0.25, 0.3) is 0 Å². The van der Waals surface area contributed by atoms with E-state index < -0.39 is 11.4 Å². The molecular weight excluding hydrogens is 434 g/mol. The van der Waals surface area contributed by atoms with Gasteiger partial charge in [0.15, 0.2) is 0 Å². The van der Waals surface area contributed by atoms with Gasteiger partial charge in [-0.3, -0.25) is 14.4 Å². The Hall–Kier alpha value is -2.64. The number of anilines is 1. The topological polar surface area (TPSA) is 97.8 Å². The van der Waals surface area contributed by atoms with Crippen LogP contribution >= 0.6 is 0 Å². The second-order valence-electron chi connectivity index (χ2n) is 10.4. The molecule has 34 heavy (non-hydrogen) atoms. The zero-order chi connectivity index (χ0) is 24.6. The lowest BCUT2D eigenvalue weighted by molar-refractivity contribution is -0.173. The summed E-state index contributed by atoms with van der Waals surface area (Å²) in [6, 6.07) is 4.18. The second kappa shape index (κ2) is 12.2. The third-order valence-electron chi connectivity index (χ3n) is 6.53. The Balaban J connectivity index is 1.27. The third-order valence-corrected chi connectivity index (χ3v) is 6.53. The smallest absolute Gasteiger partial charge is 0.314 e. The number of rotatable bonds is 9. The van der Waals surface area contributed by atoms with Crippen molar-refractivity contribution in [2.24, 2.45) is 11.3 Å². The summed E-state index contributed by atoms with van der Waals surface area (Å²) in [6.07, 6.45) is 7.28. The summed E-state index contributed by atoms with van der Waals surface area (Å²) in [6.45, 7) is 7.43. The number of hydrogen-bond acceptors (Lipinski definition) is 7. The highest BCUT2D eigenvalue weighted by Gasteiger charge is 2.24. The van der Waals surface area contributed by atoms with Gasteiger partial charge in [-0.15, -0.1) is 0 Å². The Kier molecular flexibility index (Phi) is 9.30. The number of likely N-dealkylation sites (tertiary alicyclic amines) is 1. The maximum atomic E-state index is 12.7. The molecule has 3 rings (SSSR count). The fraction of sp³-hybridized carbons (Fsp3) is 0.692. The average molecular weight is 474 g/mol. The van der Waals surface area contributed by atoms with Crippen molar-refractivity contribution in [2.75, 3.05) is 31.7 Å². The van der Waals surface area contributed by atoms with E-state index in [9.17, 15) is 14.4 Å². The number of carbonyl (C=O) groups is 3. The minimum absolute atomic E-state index is 0.194. The second-order valence-corrected chi connectivity index (χ2v) is 10.4. The monoisotopic (exact) mass is 473 g/mol. The third kappa shape index (κ3) is 7.99. The summed E-state index contributed by atoms with van der Waals surface area (Å²) in [5, 5.41) is 3.35. The van der Waals surface area contributed by atoms with Crippen LogP contribution in [0, 0.1) is 11.3 Å². The standard InChI is InChI=1S/C26H39N3O5/c1-26(2,3)25(32)34-18-33-23(31)8-4-6-19-13-16-29(17-14-19)22(30)12-11-21-10-9-20-7-5-15-27-24(20)28-21/h9-10,19H,4-8,11-18H2,1-3H3,(H,27,28). The van der Waals surface area contributed by atoms with E-state index in [0.717, 1.165) is 69.7 Å². The van der Waals surface area contributed by atoms with Crippen LogP contribution < -0.4 is 5.32 Å². The van der Waals surface area contributed by atoms with Gasteiger partial charge in [0.1, 0.15) is 5.82 Å². The fourth-order valence-electron chi connectivity index (χ4n) is 4.34. The van der Waals surface area contributed by atoms with Crippen molar-refractivity contribution >= 4 is 23.7 Å². The van der Waals surface area contributed by atoms with Gasteiger partial charge in [-0.25, -0.2) is 4.98 Å². The summed E-state index contributed by atoms with van der Waals surface area (Å²) in [5.41, 5.74) is 1.62. The van der Waals surface area contributed by atoms with Crippen LogP contribution in [-0.2, 0) is 36.7 Å². The van der Waals surface area contributed by atoms with Gasteiger partial charge in [-0.1, -0.05) is 6.07 Å². The molecule has 1 amide bonds. The number of hydrogen-bond donors (Lipinski definition) is 1. The molecule has 0 atom stereocenters. The van der Waals surface area contributed by atoms with E-state index in [2.05, 4.69) is 16.4 Å². The molecule has 8 nitrogen and oxygen atoms in total. The molecule has 0 spiro atoms. The molecule has 0 unspecified atom stereocenters. The highest BCUT2D eigenvalue weighted by atomic mass is 16.7. The van der Waals surface area contributed by atoms with E-state index in [-0.39, 0.29) is 18.7 Å². The number of carbonyl (C=O) groups excluding carboxylic acids is 3. The Morgan fingerprint density at radius 1 is 1.12 bits per heavy atom. The van der Waals surface area contributed by atoms with Gasteiger partial charge in [0.2, 0.25) is 12.7 Å². The minimum Gasteiger partial charge on any atom is -0.428 e. The lowest BCUT2D eigenvalue weighted by Gasteiger charge is -2.32.